The number of benzene rings is 2. The number of ether oxygens (including phenoxy) is 5. The molecule has 1 N–H and O–H groups in total. The van der Waals surface area contributed by atoms with Gasteiger partial charge in [-0.05, 0) is 48.2 Å². The van der Waals surface area contributed by atoms with Gasteiger partial charge in [0, 0.05) is 25.7 Å². The maximum absolute atomic E-state index is 11.5. The van der Waals surface area contributed by atoms with Crippen molar-refractivity contribution in [3.63, 3.8) is 0 Å². The van der Waals surface area contributed by atoms with E-state index in [2.05, 4.69) is 0 Å². The molecule has 8 nitrogen and oxygen atoms in total. The van der Waals surface area contributed by atoms with Crippen molar-refractivity contribution < 1.29 is 38.4 Å². The number of carbonyl (C=O) groups excluding carboxylic acids is 2. The predicted molar refractivity (Wildman–Crippen MR) is 115 cm³/mol. The number of carbonyl (C=O) groups is 2. The fourth-order valence-electron chi connectivity index (χ4n) is 3.69. The molecule has 1 aliphatic rings. The molecule has 2 aromatic rings. The summed E-state index contributed by atoms with van der Waals surface area (Å²) in [6, 6.07) is 10.8. The normalized spacial score (nSPS) is 13.8. The Kier molecular flexibility index (Phi) is 7.81. The average molecular weight is 444 g/mol. The van der Waals surface area contributed by atoms with Crippen LogP contribution in [0, 0.1) is 11.8 Å². The highest BCUT2D eigenvalue weighted by atomic mass is 16.7. The summed E-state index contributed by atoms with van der Waals surface area (Å²) in [5, 5.41) is 9.90. The topological polar surface area (TPSA) is 101 Å². The van der Waals surface area contributed by atoms with Crippen molar-refractivity contribution in [2.75, 3.05) is 27.1 Å². The highest BCUT2D eigenvalue weighted by Gasteiger charge is 2.26. The monoisotopic (exact) mass is 444 g/mol. The van der Waals surface area contributed by atoms with Gasteiger partial charge in [-0.25, -0.2) is 0 Å². The molecule has 2 aromatic carbocycles. The Morgan fingerprint density at radius 1 is 0.906 bits per heavy atom. The Labute approximate surface area is 187 Å². The Morgan fingerprint density at radius 2 is 1.47 bits per heavy atom. The molecule has 0 saturated carbocycles. The molecular formula is C24H28O8. The summed E-state index contributed by atoms with van der Waals surface area (Å²) in [7, 11) is 1.48. The Hall–Kier alpha value is -3.42. The van der Waals surface area contributed by atoms with Crippen molar-refractivity contribution in [3.05, 3.63) is 47.5 Å². The summed E-state index contributed by atoms with van der Waals surface area (Å²) in [5.41, 5.74) is 1.89. The van der Waals surface area contributed by atoms with Crippen molar-refractivity contribution >= 4 is 11.9 Å². The number of fused-ring (bicyclic) bond motifs is 1. The standard InChI is InChI=1S/C24H28O8/c1-15(25)29-12-19(8-17-4-6-21(27)23(10-17)28-3)20(13-30-16(2)26)9-18-5-7-22-24(11-18)32-14-31-22/h4-7,10-11,19-20,27H,8-9,12-14H2,1-3H3/t19-,20-/m0/s1. The third-order valence-corrected chi connectivity index (χ3v) is 5.34. The highest BCUT2D eigenvalue weighted by Crippen LogP contribution is 2.34. The molecule has 0 amide bonds. The van der Waals surface area contributed by atoms with E-state index in [0.29, 0.717) is 30.1 Å². The van der Waals surface area contributed by atoms with E-state index in [9.17, 15) is 14.7 Å². The minimum absolute atomic E-state index is 0.0459. The maximum Gasteiger partial charge on any atom is 0.302 e. The smallest absolute Gasteiger partial charge is 0.302 e. The molecule has 172 valence electrons. The molecule has 0 aliphatic carbocycles. The zero-order valence-electron chi connectivity index (χ0n) is 18.5. The van der Waals surface area contributed by atoms with Crippen molar-refractivity contribution in [2.45, 2.75) is 26.7 Å². The van der Waals surface area contributed by atoms with Gasteiger partial charge in [0.1, 0.15) is 0 Å². The van der Waals surface area contributed by atoms with E-state index in [4.69, 9.17) is 23.7 Å². The third kappa shape index (κ3) is 6.29. The molecule has 2 atom stereocenters. The summed E-state index contributed by atoms with van der Waals surface area (Å²) >= 11 is 0. The van der Waals surface area contributed by atoms with Gasteiger partial charge in [-0.1, -0.05) is 12.1 Å². The summed E-state index contributed by atoms with van der Waals surface area (Å²) in [4.78, 5) is 23.1. The molecule has 0 radical (unpaired) electrons. The largest absolute Gasteiger partial charge is 0.504 e. The maximum atomic E-state index is 11.5. The quantitative estimate of drug-likeness (QED) is 0.558. The van der Waals surface area contributed by atoms with Crippen LogP contribution in [0.4, 0.5) is 0 Å². The number of rotatable bonds is 10. The first-order valence-electron chi connectivity index (χ1n) is 10.4. The van der Waals surface area contributed by atoms with Gasteiger partial charge >= 0.3 is 11.9 Å². The lowest BCUT2D eigenvalue weighted by molar-refractivity contribution is -0.147. The van der Waals surface area contributed by atoms with Crippen molar-refractivity contribution in [3.8, 4) is 23.0 Å². The van der Waals surface area contributed by atoms with Gasteiger partial charge in [0.15, 0.2) is 23.0 Å². The van der Waals surface area contributed by atoms with E-state index in [1.165, 1.54) is 21.0 Å². The Morgan fingerprint density at radius 3 is 2.06 bits per heavy atom. The molecule has 0 unspecified atom stereocenters. The van der Waals surface area contributed by atoms with Crippen LogP contribution in [0.5, 0.6) is 23.0 Å². The van der Waals surface area contributed by atoms with Gasteiger partial charge < -0.3 is 28.8 Å². The molecule has 1 heterocycles. The summed E-state index contributed by atoms with van der Waals surface area (Å²) in [6.45, 7) is 3.25. The van der Waals surface area contributed by atoms with Crippen LogP contribution in [0.3, 0.4) is 0 Å². The summed E-state index contributed by atoms with van der Waals surface area (Å²) in [5.74, 6) is 0.722. The van der Waals surface area contributed by atoms with Gasteiger partial charge in [-0.15, -0.1) is 0 Å². The SMILES string of the molecule is COc1cc(C[C@@H](COC(C)=O)[C@H](COC(C)=O)Cc2ccc3c(c2)OCO3)ccc1O. The highest BCUT2D eigenvalue weighted by molar-refractivity contribution is 5.66. The minimum atomic E-state index is -0.382. The van der Waals surface area contributed by atoms with E-state index >= 15 is 0 Å². The number of methoxy groups -OCH3 is 1. The average Bonchev–Trinajstić information content (AvgIpc) is 3.23. The second kappa shape index (κ2) is 10.7. The second-order valence-electron chi connectivity index (χ2n) is 7.73. The number of esters is 2. The predicted octanol–water partition coefficient (Wildman–Crippen LogP) is 3.27. The summed E-state index contributed by atoms with van der Waals surface area (Å²) < 4.78 is 26.8. The van der Waals surface area contributed by atoms with Crippen LogP contribution in [0.2, 0.25) is 0 Å². The van der Waals surface area contributed by atoms with Crippen molar-refractivity contribution in [2.24, 2.45) is 11.8 Å². The van der Waals surface area contributed by atoms with E-state index in [0.717, 1.165) is 11.1 Å². The molecule has 0 spiro atoms. The van der Waals surface area contributed by atoms with Gasteiger partial charge in [-0.3, -0.25) is 9.59 Å². The zero-order valence-corrected chi connectivity index (χ0v) is 18.5. The lowest BCUT2D eigenvalue weighted by Crippen LogP contribution is -2.29. The number of hydrogen-bond acceptors (Lipinski definition) is 8. The molecule has 0 fully saturated rings. The van der Waals surface area contributed by atoms with Crippen LogP contribution in [-0.4, -0.2) is 44.2 Å². The molecule has 0 bridgehead atoms. The molecule has 32 heavy (non-hydrogen) atoms. The van der Waals surface area contributed by atoms with Gasteiger partial charge in [0.25, 0.3) is 0 Å². The first kappa shape index (κ1) is 23.2. The van der Waals surface area contributed by atoms with Gasteiger partial charge in [-0.2, -0.15) is 0 Å². The van der Waals surface area contributed by atoms with Crippen LogP contribution in [0.25, 0.3) is 0 Å². The van der Waals surface area contributed by atoms with Crippen LogP contribution >= 0.6 is 0 Å². The Bertz CT molecular complexity index is 922. The number of aromatic hydroxyl groups is 1. The van der Waals surface area contributed by atoms with Crippen LogP contribution in [0.1, 0.15) is 25.0 Å². The minimum Gasteiger partial charge on any atom is -0.504 e. The molecule has 8 heteroatoms. The van der Waals surface area contributed by atoms with E-state index in [1.54, 1.807) is 18.2 Å². The molecule has 0 aromatic heterocycles. The zero-order chi connectivity index (χ0) is 23.1. The third-order valence-electron chi connectivity index (χ3n) is 5.34. The fraction of sp³-hybridized carbons (Fsp3) is 0.417. The lowest BCUT2D eigenvalue weighted by Gasteiger charge is -2.27. The fourth-order valence-corrected chi connectivity index (χ4v) is 3.69. The van der Waals surface area contributed by atoms with Crippen molar-refractivity contribution in [1.29, 1.82) is 0 Å². The van der Waals surface area contributed by atoms with Crippen LogP contribution in [-0.2, 0) is 31.9 Å². The molecule has 1 aliphatic heterocycles. The molecular weight excluding hydrogens is 416 g/mol. The van der Waals surface area contributed by atoms with E-state index in [1.807, 2.05) is 18.2 Å². The van der Waals surface area contributed by atoms with E-state index < -0.39 is 0 Å². The van der Waals surface area contributed by atoms with Crippen molar-refractivity contribution in [1.82, 2.24) is 0 Å². The Balaban J connectivity index is 1.85. The summed E-state index contributed by atoms with van der Waals surface area (Å²) in [6.07, 6.45) is 1.10. The van der Waals surface area contributed by atoms with Gasteiger partial charge in [0.2, 0.25) is 6.79 Å². The number of phenolic OH excluding ortho intramolecular Hbond substituents is 1. The van der Waals surface area contributed by atoms with Gasteiger partial charge in [0.05, 0.1) is 20.3 Å². The van der Waals surface area contributed by atoms with E-state index in [-0.39, 0.29) is 49.5 Å². The number of hydrogen-bond donors (Lipinski definition) is 1. The number of phenols is 1. The first-order valence-corrected chi connectivity index (χ1v) is 10.4. The first-order chi connectivity index (χ1) is 15.4. The van der Waals surface area contributed by atoms with Crippen LogP contribution < -0.4 is 14.2 Å². The molecule has 0 saturated heterocycles. The van der Waals surface area contributed by atoms with Crippen LogP contribution in [0.15, 0.2) is 36.4 Å². The second-order valence-corrected chi connectivity index (χ2v) is 7.73. The lowest BCUT2D eigenvalue weighted by atomic mass is 9.83. The molecule has 3 rings (SSSR count).